The largest absolute Gasteiger partial charge is 0.264 e. The van der Waals surface area contributed by atoms with Crippen LogP contribution in [0.1, 0.15) is 23.6 Å². The number of rotatable bonds is 0. The van der Waals surface area contributed by atoms with Crippen molar-refractivity contribution in [3.05, 3.63) is 35.2 Å². The zero-order valence-electron chi connectivity index (χ0n) is 7.54. The molecule has 0 fully saturated rings. The van der Waals surface area contributed by atoms with Crippen LogP contribution in [0, 0.1) is 12.8 Å². The maximum atomic E-state index is 4.20. The Balaban J connectivity index is 2.53. The van der Waals surface area contributed by atoms with E-state index < -0.39 is 0 Å². The number of nitrogens with zero attached hydrogens (tertiary/aromatic N) is 1. The van der Waals surface area contributed by atoms with Gasteiger partial charge in [0.05, 0.1) is 0 Å². The van der Waals surface area contributed by atoms with Crippen molar-refractivity contribution >= 4 is 6.08 Å². The molecule has 0 spiro atoms. The van der Waals surface area contributed by atoms with E-state index in [1.165, 1.54) is 16.7 Å². The van der Waals surface area contributed by atoms with Gasteiger partial charge < -0.3 is 0 Å². The van der Waals surface area contributed by atoms with Crippen LogP contribution in [-0.4, -0.2) is 4.98 Å². The van der Waals surface area contributed by atoms with Crippen molar-refractivity contribution in [3.8, 4) is 0 Å². The topological polar surface area (TPSA) is 12.9 Å². The summed E-state index contributed by atoms with van der Waals surface area (Å²) in [6, 6.07) is 0. The molecule has 12 heavy (non-hydrogen) atoms. The Kier molecular flexibility index (Phi) is 1.72. The van der Waals surface area contributed by atoms with Gasteiger partial charge in [0.25, 0.3) is 0 Å². The molecule has 0 saturated carbocycles. The minimum Gasteiger partial charge on any atom is -0.264 e. The van der Waals surface area contributed by atoms with Crippen molar-refractivity contribution in [3.63, 3.8) is 0 Å². The van der Waals surface area contributed by atoms with Gasteiger partial charge >= 0.3 is 0 Å². The SMILES string of the molecule is Cc1cncc2c1C=CC(C)C2. The third kappa shape index (κ3) is 1.15. The lowest BCUT2D eigenvalue weighted by atomic mass is 9.90. The molecule has 1 aliphatic carbocycles. The van der Waals surface area contributed by atoms with E-state index in [1.54, 1.807) is 0 Å². The summed E-state index contributed by atoms with van der Waals surface area (Å²) in [5.41, 5.74) is 4.06. The molecule has 1 aromatic heterocycles. The molecule has 1 aromatic rings. The first-order valence-electron chi connectivity index (χ1n) is 4.39. The fourth-order valence-corrected chi connectivity index (χ4v) is 1.71. The number of aryl methyl sites for hydroxylation is 1. The van der Waals surface area contributed by atoms with Crippen molar-refractivity contribution in [2.24, 2.45) is 5.92 Å². The van der Waals surface area contributed by atoms with Gasteiger partial charge in [-0.3, -0.25) is 4.98 Å². The van der Waals surface area contributed by atoms with Crippen LogP contribution in [0.2, 0.25) is 0 Å². The number of hydrogen-bond acceptors (Lipinski definition) is 1. The normalized spacial score (nSPS) is 20.7. The minimum absolute atomic E-state index is 0.668. The van der Waals surface area contributed by atoms with Crippen molar-refractivity contribution in [2.75, 3.05) is 0 Å². The highest BCUT2D eigenvalue weighted by atomic mass is 14.6. The predicted molar refractivity (Wildman–Crippen MR) is 50.9 cm³/mol. The molecule has 1 heterocycles. The average molecular weight is 159 g/mol. The summed E-state index contributed by atoms with van der Waals surface area (Å²) in [7, 11) is 0. The fourth-order valence-electron chi connectivity index (χ4n) is 1.71. The van der Waals surface area contributed by atoms with E-state index in [4.69, 9.17) is 0 Å². The lowest BCUT2D eigenvalue weighted by Crippen LogP contribution is -2.04. The van der Waals surface area contributed by atoms with Crippen LogP contribution in [0.25, 0.3) is 6.08 Å². The fraction of sp³-hybridized carbons (Fsp3) is 0.364. The van der Waals surface area contributed by atoms with Gasteiger partial charge in [0.1, 0.15) is 0 Å². The van der Waals surface area contributed by atoms with Crippen LogP contribution in [0.15, 0.2) is 18.5 Å². The van der Waals surface area contributed by atoms with Crippen LogP contribution >= 0.6 is 0 Å². The van der Waals surface area contributed by atoms with Crippen LogP contribution in [0.3, 0.4) is 0 Å². The smallest absolute Gasteiger partial charge is 0.0306 e. The molecule has 1 aliphatic rings. The zero-order chi connectivity index (χ0) is 8.55. The monoisotopic (exact) mass is 159 g/mol. The second-order valence-corrected chi connectivity index (χ2v) is 3.57. The quantitative estimate of drug-likeness (QED) is 0.567. The van der Waals surface area contributed by atoms with Crippen LogP contribution < -0.4 is 0 Å². The van der Waals surface area contributed by atoms with Crippen molar-refractivity contribution in [1.82, 2.24) is 4.98 Å². The lowest BCUT2D eigenvalue weighted by Gasteiger charge is -2.16. The van der Waals surface area contributed by atoms with Gasteiger partial charge in [-0.15, -0.1) is 0 Å². The first-order valence-corrected chi connectivity index (χ1v) is 4.39. The Hall–Kier alpha value is -1.11. The first kappa shape index (κ1) is 7.53. The van der Waals surface area contributed by atoms with Crippen molar-refractivity contribution < 1.29 is 0 Å². The molecule has 1 unspecified atom stereocenters. The highest BCUT2D eigenvalue weighted by Crippen LogP contribution is 2.23. The summed E-state index contributed by atoms with van der Waals surface area (Å²) in [6.07, 6.45) is 9.55. The predicted octanol–water partition coefficient (Wildman–Crippen LogP) is 2.60. The molecule has 0 aliphatic heterocycles. The third-order valence-electron chi connectivity index (χ3n) is 2.40. The van der Waals surface area contributed by atoms with Gasteiger partial charge in [-0.2, -0.15) is 0 Å². The van der Waals surface area contributed by atoms with Gasteiger partial charge in [-0.25, -0.2) is 0 Å². The summed E-state index contributed by atoms with van der Waals surface area (Å²) in [4.78, 5) is 4.20. The minimum atomic E-state index is 0.668. The molecule has 0 saturated heterocycles. The first-order chi connectivity index (χ1) is 5.77. The van der Waals surface area contributed by atoms with Gasteiger partial charge in [-0.1, -0.05) is 19.1 Å². The third-order valence-corrected chi connectivity index (χ3v) is 2.40. The molecular weight excluding hydrogens is 146 g/mol. The Labute approximate surface area is 73.1 Å². The van der Waals surface area contributed by atoms with Gasteiger partial charge in [0, 0.05) is 12.4 Å². The van der Waals surface area contributed by atoms with Crippen LogP contribution in [-0.2, 0) is 6.42 Å². The molecule has 1 heteroatoms. The maximum absolute atomic E-state index is 4.20. The van der Waals surface area contributed by atoms with E-state index in [1.807, 2.05) is 12.4 Å². The number of hydrogen-bond donors (Lipinski definition) is 0. The van der Waals surface area contributed by atoms with E-state index in [9.17, 15) is 0 Å². The summed E-state index contributed by atoms with van der Waals surface area (Å²) >= 11 is 0. The Morgan fingerprint density at radius 3 is 3.08 bits per heavy atom. The second kappa shape index (κ2) is 2.74. The van der Waals surface area contributed by atoms with E-state index in [2.05, 4.69) is 31.0 Å². The number of allylic oxidation sites excluding steroid dienone is 1. The Bertz CT molecular complexity index is 326. The summed E-state index contributed by atoms with van der Waals surface area (Å²) in [6.45, 7) is 4.36. The standard InChI is InChI=1S/C11H13N/c1-8-3-4-11-9(2)6-12-7-10(11)5-8/h3-4,6-8H,5H2,1-2H3. The molecule has 1 atom stereocenters. The van der Waals surface area contributed by atoms with Gasteiger partial charge in [-0.05, 0) is 36.0 Å². The average Bonchev–Trinajstić information content (AvgIpc) is 2.04. The van der Waals surface area contributed by atoms with Crippen LogP contribution in [0.4, 0.5) is 0 Å². The summed E-state index contributed by atoms with van der Waals surface area (Å²) in [5, 5.41) is 0. The highest BCUT2D eigenvalue weighted by Gasteiger charge is 2.10. The molecule has 2 rings (SSSR count). The van der Waals surface area contributed by atoms with E-state index in [-0.39, 0.29) is 0 Å². The summed E-state index contributed by atoms with van der Waals surface area (Å²) < 4.78 is 0. The molecule has 1 nitrogen and oxygen atoms in total. The molecule has 0 amide bonds. The number of fused-ring (bicyclic) bond motifs is 1. The van der Waals surface area contributed by atoms with E-state index in [0.717, 1.165) is 6.42 Å². The highest BCUT2D eigenvalue weighted by molar-refractivity contribution is 5.59. The molecule has 0 N–H and O–H groups in total. The second-order valence-electron chi connectivity index (χ2n) is 3.57. The zero-order valence-corrected chi connectivity index (χ0v) is 7.54. The Morgan fingerprint density at radius 2 is 2.25 bits per heavy atom. The molecule has 0 aromatic carbocycles. The van der Waals surface area contributed by atoms with Crippen molar-refractivity contribution in [2.45, 2.75) is 20.3 Å². The Morgan fingerprint density at radius 1 is 1.42 bits per heavy atom. The van der Waals surface area contributed by atoms with E-state index in [0.29, 0.717) is 5.92 Å². The van der Waals surface area contributed by atoms with Crippen LogP contribution in [0.5, 0.6) is 0 Å². The molecule has 0 radical (unpaired) electrons. The molecule has 62 valence electrons. The van der Waals surface area contributed by atoms with Gasteiger partial charge in [0.2, 0.25) is 0 Å². The molecular formula is C11H13N. The van der Waals surface area contributed by atoms with Crippen molar-refractivity contribution in [1.29, 1.82) is 0 Å². The summed E-state index contributed by atoms with van der Waals surface area (Å²) in [5.74, 6) is 0.668. The maximum Gasteiger partial charge on any atom is 0.0306 e. The number of aromatic nitrogens is 1. The number of pyridine rings is 1. The van der Waals surface area contributed by atoms with E-state index >= 15 is 0 Å². The lowest BCUT2D eigenvalue weighted by molar-refractivity contribution is 0.713. The van der Waals surface area contributed by atoms with Gasteiger partial charge in [0.15, 0.2) is 0 Å². The molecule has 0 bridgehead atoms.